The fourth-order valence-corrected chi connectivity index (χ4v) is 3.43. The van der Waals surface area contributed by atoms with Gasteiger partial charge in [-0.2, -0.15) is 0 Å². The van der Waals surface area contributed by atoms with Crippen molar-refractivity contribution in [1.29, 1.82) is 0 Å². The predicted octanol–water partition coefficient (Wildman–Crippen LogP) is 3.97. The standard InChI is InChI=1S/C17H19BrN2O4S/c1-4-11-6-7-13(12(18)8-11)24-9-14(21)20-17-19-10(3)15(25-17)16(22)23-5-2/h6-8H,4-5,9H2,1-3H3,(H,19,20,21). The van der Waals surface area contributed by atoms with Gasteiger partial charge in [-0.25, -0.2) is 9.78 Å². The van der Waals surface area contributed by atoms with E-state index < -0.39 is 5.97 Å². The number of aryl methyl sites for hydroxylation is 2. The summed E-state index contributed by atoms with van der Waals surface area (Å²) in [6.07, 6.45) is 0.922. The number of ether oxygens (including phenoxy) is 2. The largest absolute Gasteiger partial charge is 0.483 e. The van der Waals surface area contributed by atoms with Gasteiger partial charge in [-0.05, 0) is 53.9 Å². The first-order valence-electron chi connectivity index (χ1n) is 7.80. The highest BCUT2D eigenvalue weighted by Gasteiger charge is 2.17. The number of anilines is 1. The van der Waals surface area contributed by atoms with Crippen molar-refractivity contribution in [2.24, 2.45) is 0 Å². The Morgan fingerprint density at radius 1 is 1.32 bits per heavy atom. The Bertz CT molecular complexity index is 776. The third-order valence-electron chi connectivity index (χ3n) is 3.27. The summed E-state index contributed by atoms with van der Waals surface area (Å²) < 4.78 is 11.3. The molecule has 1 amide bonds. The van der Waals surface area contributed by atoms with Crippen molar-refractivity contribution in [2.45, 2.75) is 27.2 Å². The van der Waals surface area contributed by atoms with Gasteiger partial charge in [0.1, 0.15) is 10.6 Å². The maximum atomic E-state index is 12.0. The molecule has 0 unspecified atom stereocenters. The van der Waals surface area contributed by atoms with E-state index in [1.165, 1.54) is 5.56 Å². The van der Waals surface area contributed by atoms with Crippen LogP contribution in [0.1, 0.15) is 34.8 Å². The van der Waals surface area contributed by atoms with Crippen molar-refractivity contribution in [3.63, 3.8) is 0 Å². The summed E-state index contributed by atoms with van der Waals surface area (Å²) in [7, 11) is 0. The van der Waals surface area contributed by atoms with Crippen LogP contribution >= 0.6 is 27.3 Å². The van der Waals surface area contributed by atoms with Gasteiger partial charge in [0.2, 0.25) is 0 Å². The van der Waals surface area contributed by atoms with Crippen LogP contribution in [0.5, 0.6) is 5.75 Å². The van der Waals surface area contributed by atoms with E-state index in [0.29, 0.717) is 21.5 Å². The molecule has 0 spiro atoms. The van der Waals surface area contributed by atoms with Crippen molar-refractivity contribution >= 4 is 44.3 Å². The average molecular weight is 427 g/mol. The molecule has 25 heavy (non-hydrogen) atoms. The van der Waals surface area contributed by atoms with Gasteiger partial charge in [-0.3, -0.25) is 10.1 Å². The van der Waals surface area contributed by atoms with Crippen molar-refractivity contribution < 1.29 is 19.1 Å². The molecule has 1 aromatic heterocycles. The van der Waals surface area contributed by atoms with E-state index in [9.17, 15) is 9.59 Å². The zero-order chi connectivity index (χ0) is 18.4. The van der Waals surface area contributed by atoms with Crippen molar-refractivity contribution in [2.75, 3.05) is 18.5 Å². The quantitative estimate of drug-likeness (QED) is 0.677. The van der Waals surface area contributed by atoms with Crippen LogP contribution in [0.3, 0.4) is 0 Å². The minimum Gasteiger partial charge on any atom is -0.483 e. The first-order valence-corrected chi connectivity index (χ1v) is 9.41. The molecule has 0 saturated heterocycles. The number of aromatic nitrogens is 1. The number of nitrogens with one attached hydrogen (secondary N) is 1. The summed E-state index contributed by atoms with van der Waals surface area (Å²) >= 11 is 4.51. The smallest absolute Gasteiger partial charge is 0.350 e. The molecule has 0 aliphatic heterocycles. The summed E-state index contributed by atoms with van der Waals surface area (Å²) in [5.74, 6) is -0.195. The molecule has 6 nitrogen and oxygen atoms in total. The number of carbonyl (C=O) groups is 2. The zero-order valence-corrected chi connectivity index (χ0v) is 16.6. The molecule has 2 aromatic rings. The lowest BCUT2D eigenvalue weighted by molar-refractivity contribution is -0.118. The van der Waals surface area contributed by atoms with Crippen molar-refractivity contribution in [3.05, 3.63) is 38.8 Å². The van der Waals surface area contributed by atoms with E-state index in [2.05, 4.69) is 33.2 Å². The molecule has 0 bridgehead atoms. The number of halogens is 1. The van der Waals surface area contributed by atoms with Crippen molar-refractivity contribution in [3.8, 4) is 5.75 Å². The normalized spacial score (nSPS) is 10.4. The van der Waals surface area contributed by atoms with Crippen LogP contribution < -0.4 is 10.1 Å². The van der Waals surface area contributed by atoms with E-state index in [0.717, 1.165) is 22.2 Å². The molecule has 134 valence electrons. The Morgan fingerprint density at radius 3 is 2.72 bits per heavy atom. The molecule has 1 heterocycles. The van der Waals surface area contributed by atoms with Gasteiger partial charge < -0.3 is 9.47 Å². The molecule has 0 aliphatic rings. The molecule has 2 rings (SSSR count). The molecule has 0 atom stereocenters. The first kappa shape index (κ1) is 19.4. The number of thiazole rings is 1. The highest BCUT2D eigenvalue weighted by Crippen LogP contribution is 2.27. The summed E-state index contributed by atoms with van der Waals surface area (Å²) in [5.41, 5.74) is 1.70. The Hall–Kier alpha value is -1.93. The summed E-state index contributed by atoms with van der Waals surface area (Å²) in [4.78, 5) is 28.4. The molecule has 8 heteroatoms. The Labute approximate surface area is 158 Å². The highest BCUT2D eigenvalue weighted by molar-refractivity contribution is 9.10. The van der Waals surface area contributed by atoms with Crippen LogP contribution in [0.15, 0.2) is 22.7 Å². The SMILES string of the molecule is CCOC(=O)c1sc(NC(=O)COc2ccc(CC)cc2Br)nc1C. The van der Waals surface area contributed by atoms with E-state index in [1.54, 1.807) is 13.8 Å². The van der Waals surface area contributed by atoms with Gasteiger partial charge in [0.25, 0.3) is 5.91 Å². The van der Waals surface area contributed by atoms with E-state index in [1.807, 2.05) is 18.2 Å². The van der Waals surface area contributed by atoms with Crippen LogP contribution in [0.25, 0.3) is 0 Å². The fraction of sp³-hybridized carbons (Fsp3) is 0.353. The van der Waals surface area contributed by atoms with Crippen LogP contribution in [0.4, 0.5) is 5.13 Å². The number of hydrogen-bond acceptors (Lipinski definition) is 6. The molecule has 0 fully saturated rings. The predicted molar refractivity (Wildman–Crippen MR) is 100 cm³/mol. The number of esters is 1. The minimum absolute atomic E-state index is 0.155. The third kappa shape index (κ3) is 5.27. The molecular weight excluding hydrogens is 408 g/mol. The lowest BCUT2D eigenvalue weighted by Gasteiger charge is -2.08. The molecule has 1 aromatic carbocycles. The number of nitrogens with zero attached hydrogens (tertiary/aromatic N) is 1. The molecule has 0 radical (unpaired) electrons. The lowest BCUT2D eigenvalue weighted by atomic mass is 10.2. The van der Waals surface area contributed by atoms with Gasteiger partial charge in [-0.1, -0.05) is 24.3 Å². The van der Waals surface area contributed by atoms with Gasteiger partial charge in [0, 0.05) is 0 Å². The number of amides is 1. The Morgan fingerprint density at radius 2 is 2.08 bits per heavy atom. The van der Waals surface area contributed by atoms with Crippen LogP contribution in [0, 0.1) is 6.92 Å². The summed E-state index contributed by atoms with van der Waals surface area (Å²) in [6.45, 7) is 5.63. The van der Waals surface area contributed by atoms with Gasteiger partial charge in [0.15, 0.2) is 11.7 Å². The highest BCUT2D eigenvalue weighted by atomic mass is 79.9. The van der Waals surface area contributed by atoms with Gasteiger partial charge >= 0.3 is 5.97 Å². The first-order chi connectivity index (χ1) is 11.9. The lowest BCUT2D eigenvalue weighted by Crippen LogP contribution is -2.20. The number of benzene rings is 1. The van der Waals surface area contributed by atoms with Gasteiger partial charge in [-0.15, -0.1) is 0 Å². The minimum atomic E-state index is -0.436. The van der Waals surface area contributed by atoms with Crippen LogP contribution in [0.2, 0.25) is 0 Å². The molecule has 0 aliphatic carbocycles. The zero-order valence-electron chi connectivity index (χ0n) is 14.2. The second-order valence-electron chi connectivity index (χ2n) is 5.11. The number of hydrogen-bond donors (Lipinski definition) is 1. The second kappa shape index (κ2) is 8.96. The van der Waals surface area contributed by atoms with Crippen LogP contribution in [-0.4, -0.2) is 30.1 Å². The van der Waals surface area contributed by atoms with E-state index in [4.69, 9.17) is 9.47 Å². The van der Waals surface area contributed by atoms with E-state index >= 15 is 0 Å². The molecule has 1 N–H and O–H groups in total. The molecular formula is C17H19BrN2O4S. The van der Waals surface area contributed by atoms with E-state index in [-0.39, 0.29) is 19.1 Å². The van der Waals surface area contributed by atoms with Crippen molar-refractivity contribution in [1.82, 2.24) is 4.98 Å². The third-order valence-corrected chi connectivity index (χ3v) is 4.94. The monoisotopic (exact) mass is 426 g/mol. The maximum absolute atomic E-state index is 12.0. The van der Waals surface area contributed by atoms with Gasteiger partial charge in [0.05, 0.1) is 16.8 Å². The van der Waals surface area contributed by atoms with Crippen LogP contribution in [-0.2, 0) is 16.0 Å². The molecule has 0 saturated carbocycles. The summed E-state index contributed by atoms with van der Waals surface area (Å²) in [5, 5.41) is 2.97. The second-order valence-corrected chi connectivity index (χ2v) is 6.96. The number of carbonyl (C=O) groups excluding carboxylic acids is 2. The fourth-order valence-electron chi connectivity index (χ4n) is 2.02. The maximum Gasteiger partial charge on any atom is 0.350 e. The Balaban J connectivity index is 1.94. The number of rotatable bonds is 7. The summed E-state index contributed by atoms with van der Waals surface area (Å²) in [6, 6.07) is 5.74. The Kier molecular flexibility index (Phi) is 6.95. The average Bonchev–Trinajstić information content (AvgIpc) is 2.94. The topological polar surface area (TPSA) is 77.5 Å².